The minimum Gasteiger partial charge on any atom is -0.456 e. The monoisotopic (exact) mass is 471 g/mol. The van der Waals surface area contributed by atoms with E-state index in [9.17, 15) is 14.4 Å². The Balaban J connectivity index is 1.96. The summed E-state index contributed by atoms with van der Waals surface area (Å²) in [5.74, 6) is 3.76. The van der Waals surface area contributed by atoms with Gasteiger partial charge in [-0.3, -0.25) is 4.90 Å². The Kier molecular flexibility index (Phi) is 8.21. The maximum absolute atomic E-state index is 13.4. The van der Waals surface area contributed by atoms with Gasteiger partial charge in [-0.1, -0.05) is 24.6 Å². The molecule has 34 heavy (non-hydrogen) atoms. The van der Waals surface area contributed by atoms with Gasteiger partial charge in [0.1, 0.15) is 17.4 Å². The van der Waals surface area contributed by atoms with E-state index in [1.807, 2.05) is 0 Å². The fraction of sp³-hybridized carbons (Fsp3) is 0.577. The fourth-order valence-corrected chi connectivity index (χ4v) is 4.27. The van der Waals surface area contributed by atoms with Crippen LogP contribution in [0.3, 0.4) is 0 Å². The zero-order chi connectivity index (χ0) is 24.8. The number of carbonyl (C=O) groups is 3. The Labute approximate surface area is 200 Å². The zero-order valence-electron chi connectivity index (χ0n) is 20.3. The summed E-state index contributed by atoms with van der Waals surface area (Å²) >= 11 is 0. The number of ether oxygens (including phenoxy) is 4. The van der Waals surface area contributed by atoms with Gasteiger partial charge in [-0.15, -0.1) is 0 Å². The van der Waals surface area contributed by atoms with Gasteiger partial charge in [-0.2, -0.15) is 0 Å². The van der Waals surface area contributed by atoms with Crippen molar-refractivity contribution < 1.29 is 33.3 Å². The Morgan fingerprint density at radius 1 is 1.15 bits per heavy atom. The molecule has 8 heteroatoms. The zero-order valence-corrected chi connectivity index (χ0v) is 20.3. The summed E-state index contributed by atoms with van der Waals surface area (Å²) in [7, 11) is 0. The molecule has 2 atom stereocenters. The molecule has 1 aliphatic carbocycles. The molecule has 1 aliphatic heterocycles. The highest BCUT2D eigenvalue weighted by molar-refractivity contribution is 5.90. The first-order valence-corrected chi connectivity index (χ1v) is 11.8. The third-order valence-electron chi connectivity index (χ3n) is 5.70. The number of carbonyl (C=O) groups excluding carboxylic acids is 3. The standard InChI is InChI=1S/C26H33NO7/c1-5-31-22(28)15-14-21(33-23(29)19-12-8-6-9-13-19)20-18-32-26(16-10-7-11-17-26)27(20)24(30)34-25(2,3)4/h6,8-9,12-13,20-21H,5,7,10-11,16-18H2,1-4H3/t20-,21+/m0/s1. The van der Waals surface area contributed by atoms with E-state index >= 15 is 0 Å². The minimum absolute atomic E-state index is 0.101. The van der Waals surface area contributed by atoms with Crippen LogP contribution in [0, 0.1) is 11.8 Å². The molecule has 1 spiro atoms. The fourth-order valence-electron chi connectivity index (χ4n) is 4.27. The highest BCUT2D eigenvalue weighted by atomic mass is 16.6. The lowest BCUT2D eigenvalue weighted by atomic mass is 9.90. The number of amides is 1. The second-order valence-corrected chi connectivity index (χ2v) is 9.42. The average Bonchev–Trinajstić information content (AvgIpc) is 3.15. The van der Waals surface area contributed by atoms with Crippen LogP contribution in [0.1, 0.15) is 70.2 Å². The lowest BCUT2D eigenvalue weighted by Crippen LogP contribution is -2.56. The van der Waals surface area contributed by atoms with Crippen molar-refractivity contribution in [3.05, 3.63) is 35.9 Å². The summed E-state index contributed by atoms with van der Waals surface area (Å²) in [4.78, 5) is 39.7. The van der Waals surface area contributed by atoms with E-state index in [2.05, 4.69) is 11.8 Å². The summed E-state index contributed by atoms with van der Waals surface area (Å²) in [6, 6.07) is 7.73. The van der Waals surface area contributed by atoms with Crippen LogP contribution in [0.25, 0.3) is 0 Å². The quantitative estimate of drug-likeness (QED) is 0.283. The molecule has 1 aromatic rings. The Morgan fingerprint density at radius 3 is 2.44 bits per heavy atom. The van der Waals surface area contributed by atoms with Crippen LogP contribution >= 0.6 is 0 Å². The number of hydrogen-bond acceptors (Lipinski definition) is 7. The molecule has 1 heterocycles. The van der Waals surface area contributed by atoms with Crippen LogP contribution in [0.4, 0.5) is 4.79 Å². The molecule has 0 radical (unpaired) electrons. The molecule has 0 unspecified atom stereocenters. The molecule has 1 saturated carbocycles. The first-order valence-electron chi connectivity index (χ1n) is 11.8. The molecular weight excluding hydrogens is 438 g/mol. The SMILES string of the molecule is CCOC(=O)C#C[C@@H](OC(=O)c1ccccc1)[C@@H]1COC2(CCCCC2)N1C(=O)OC(C)(C)C. The summed E-state index contributed by atoms with van der Waals surface area (Å²) in [5.41, 5.74) is -1.25. The van der Waals surface area contributed by atoms with Crippen LogP contribution in [-0.2, 0) is 23.7 Å². The Hall–Kier alpha value is -3.05. The van der Waals surface area contributed by atoms with Crippen molar-refractivity contribution in [3.63, 3.8) is 0 Å². The number of nitrogens with zero attached hydrogens (tertiary/aromatic N) is 1. The van der Waals surface area contributed by atoms with Gasteiger partial charge in [0, 0.05) is 5.92 Å². The third kappa shape index (κ3) is 6.29. The van der Waals surface area contributed by atoms with Gasteiger partial charge < -0.3 is 18.9 Å². The van der Waals surface area contributed by atoms with Crippen molar-refractivity contribution in [3.8, 4) is 11.8 Å². The lowest BCUT2D eigenvalue weighted by Gasteiger charge is -2.42. The van der Waals surface area contributed by atoms with Crippen LogP contribution in [0.2, 0.25) is 0 Å². The van der Waals surface area contributed by atoms with Gasteiger partial charge in [0.2, 0.25) is 0 Å². The number of hydrogen-bond donors (Lipinski definition) is 0. The van der Waals surface area contributed by atoms with E-state index in [0.717, 1.165) is 19.3 Å². The first-order chi connectivity index (χ1) is 16.1. The van der Waals surface area contributed by atoms with Crippen LogP contribution in [0.15, 0.2) is 30.3 Å². The van der Waals surface area contributed by atoms with Gasteiger partial charge in [0.15, 0.2) is 6.10 Å². The first kappa shape index (κ1) is 25.6. The molecule has 0 bridgehead atoms. The highest BCUT2D eigenvalue weighted by Crippen LogP contribution is 2.42. The molecule has 3 rings (SSSR count). The summed E-state index contributed by atoms with van der Waals surface area (Å²) in [6.45, 7) is 7.31. The normalized spacial score (nSPS) is 20.1. The molecule has 1 aromatic carbocycles. The van der Waals surface area contributed by atoms with Gasteiger partial charge in [0.25, 0.3) is 0 Å². The van der Waals surface area contributed by atoms with Crippen molar-refractivity contribution in [1.82, 2.24) is 4.90 Å². The molecular formula is C26H33NO7. The molecule has 1 saturated heterocycles. The predicted octanol–water partition coefficient (Wildman–Crippen LogP) is 4.07. The van der Waals surface area contributed by atoms with E-state index in [1.165, 1.54) is 0 Å². The molecule has 0 N–H and O–H groups in total. The van der Waals surface area contributed by atoms with Gasteiger partial charge in [-0.05, 0) is 71.4 Å². The van der Waals surface area contributed by atoms with E-state index in [0.29, 0.717) is 18.4 Å². The van der Waals surface area contributed by atoms with Gasteiger partial charge in [0.05, 0.1) is 18.8 Å². The maximum atomic E-state index is 13.4. The van der Waals surface area contributed by atoms with Crippen LogP contribution in [-0.4, -0.2) is 59.6 Å². The van der Waals surface area contributed by atoms with E-state index in [1.54, 1.807) is 62.9 Å². The molecule has 2 aliphatic rings. The highest BCUT2D eigenvalue weighted by Gasteiger charge is 2.54. The smallest absolute Gasteiger partial charge is 0.413 e. The lowest BCUT2D eigenvalue weighted by molar-refractivity contribution is -0.136. The number of esters is 2. The topological polar surface area (TPSA) is 91.4 Å². The Morgan fingerprint density at radius 2 is 1.82 bits per heavy atom. The van der Waals surface area contributed by atoms with E-state index < -0.39 is 41.5 Å². The van der Waals surface area contributed by atoms with Gasteiger partial charge in [-0.25, -0.2) is 14.4 Å². The molecule has 8 nitrogen and oxygen atoms in total. The molecule has 1 amide bonds. The van der Waals surface area contributed by atoms with Gasteiger partial charge >= 0.3 is 18.0 Å². The second kappa shape index (κ2) is 10.9. The van der Waals surface area contributed by atoms with Crippen LogP contribution in [0.5, 0.6) is 0 Å². The largest absolute Gasteiger partial charge is 0.456 e. The third-order valence-corrected chi connectivity index (χ3v) is 5.70. The van der Waals surface area contributed by atoms with E-state index in [-0.39, 0.29) is 13.2 Å². The Bertz CT molecular complexity index is 935. The summed E-state index contributed by atoms with van der Waals surface area (Å²) in [5, 5.41) is 0. The van der Waals surface area contributed by atoms with Crippen molar-refractivity contribution in [2.75, 3.05) is 13.2 Å². The van der Waals surface area contributed by atoms with Crippen molar-refractivity contribution in [2.45, 2.75) is 83.3 Å². The number of benzene rings is 1. The average molecular weight is 472 g/mol. The second-order valence-electron chi connectivity index (χ2n) is 9.42. The molecule has 2 fully saturated rings. The van der Waals surface area contributed by atoms with Crippen molar-refractivity contribution >= 4 is 18.0 Å². The van der Waals surface area contributed by atoms with Crippen molar-refractivity contribution in [2.24, 2.45) is 0 Å². The minimum atomic E-state index is -1.12. The predicted molar refractivity (Wildman–Crippen MR) is 124 cm³/mol. The maximum Gasteiger partial charge on any atom is 0.413 e. The summed E-state index contributed by atoms with van der Waals surface area (Å²) < 4.78 is 22.6. The number of rotatable bonds is 4. The molecule has 184 valence electrons. The molecule has 0 aromatic heterocycles. The van der Waals surface area contributed by atoms with Crippen LogP contribution < -0.4 is 0 Å². The summed E-state index contributed by atoms with van der Waals surface area (Å²) in [6.07, 6.45) is 2.46. The van der Waals surface area contributed by atoms with Crippen molar-refractivity contribution in [1.29, 1.82) is 0 Å². The van der Waals surface area contributed by atoms with E-state index in [4.69, 9.17) is 18.9 Å².